The Bertz CT molecular complexity index is 552. The molecule has 128 valence electrons. The zero-order valence-corrected chi connectivity index (χ0v) is 14.3. The van der Waals surface area contributed by atoms with Gasteiger partial charge in [-0.25, -0.2) is 9.78 Å². The van der Waals surface area contributed by atoms with Crippen LogP contribution in [0, 0.1) is 5.41 Å². The van der Waals surface area contributed by atoms with Crippen LogP contribution in [0.5, 0.6) is 0 Å². The van der Waals surface area contributed by atoms with Crippen LogP contribution in [0.15, 0.2) is 0 Å². The van der Waals surface area contributed by atoms with E-state index in [0.717, 1.165) is 50.7 Å². The number of amides is 2. The minimum Gasteiger partial charge on any atom is -0.380 e. The highest BCUT2D eigenvalue weighted by atomic mass is 16.5. The summed E-state index contributed by atoms with van der Waals surface area (Å²) in [6.07, 6.45) is 3.08. The quantitative estimate of drug-likeness (QED) is 0.890. The molecule has 0 bridgehead atoms. The first-order chi connectivity index (χ1) is 11.0. The van der Waals surface area contributed by atoms with E-state index in [0.29, 0.717) is 6.54 Å². The van der Waals surface area contributed by atoms with E-state index in [2.05, 4.69) is 41.3 Å². The lowest BCUT2D eigenvalue weighted by molar-refractivity contribution is -0.0980. The van der Waals surface area contributed by atoms with Crippen molar-refractivity contribution >= 4 is 6.03 Å². The fourth-order valence-electron chi connectivity index (χ4n) is 3.10. The third kappa shape index (κ3) is 3.49. The zero-order chi connectivity index (χ0) is 16.4. The summed E-state index contributed by atoms with van der Waals surface area (Å²) in [5.74, 6) is 1.90. The molecule has 7 heteroatoms. The summed E-state index contributed by atoms with van der Waals surface area (Å²) in [6, 6.07) is -0.0143. The minimum absolute atomic E-state index is 0.00537. The number of carbonyl (C=O) groups is 1. The SMILES string of the molecule is CC(C)c1n[nH]c([C@H]2CCCCN2C(=O)NCC2(C)COC2)n1. The molecule has 23 heavy (non-hydrogen) atoms. The topological polar surface area (TPSA) is 83.1 Å². The van der Waals surface area contributed by atoms with Gasteiger partial charge in [-0.15, -0.1) is 0 Å². The van der Waals surface area contributed by atoms with E-state index in [1.54, 1.807) is 0 Å². The second-order valence-corrected chi connectivity index (χ2v) is 7.40. The maximum absolute atomic E-state index is 12.6. The van der Waals surface area contributed by atoms with Gasteiger partial charge < -0.3 is 15.0 Å². The van der Waals surface area contributed by atoms with E-state index < -0.39 is 0 Å². The molecule has 0 radical (unpaired) electrons. The summed E-state index contributed by atoms with van der Waals surface area (Å²) in [6.45, 7) is 9.13. The van der Waals surface area contributed by atoms with Crippen molar-refractivity contribution in [3.05, 3.63) is 11.6 Å². The van der Waals surface area contributed by atoms with Gasteiger partial charge in [-0.2, -0.15) is 5.10 Å². The van der Waals surface area contributed by atoms with E-state index in [-0.39, 0.29) is 23.4 Å². The first-order valence-electron chi connectivity index (χ1n) is 8.53. The number of nitrogens with one attached hydrogen (secondary N) is 2. The van der Waals surface area contributed by atoms with Crippen LogP contribution in [0.3, 0.4) is 0 Å². The Morgan fingerprint density at radius 3 is 2.87 bits per heavy atom. The van der Waals surface area contributed by atoms with Gasteiger partial charge in [0.25, 0.3) is 0 Å². The number of urea groups is 1. The number of aromatic amines is 1. The fourth-order valence-corrected chi connectivity index (χ4v) is 3.10. The molecule has 2 fully saturated rings. The molecule has 1 aromatic rings. The number of likely N-dealkylation sites (tertiary alicyclic amines) is 1. The van der Waals surface area contributed by atoms with Crippen LogP contribution in [0.25, 0.3) is 0 Å². The number of carbonyl (C=O) groups excluding carboxylic acids is 1. The third-order valence-corrected chi connectivity index (χ3v) is 4.68. The Balaban J connectivity index is 1.66. The predicted molar refractivity (Wildman–Crippen MR) is 86.1 cm³/mol. The van der Waals surface area contributed by atoms with Gasteiger partial charge in [0.05, 0.1) is 19.3 Å². The number of ether oxygens (including phenoxy) is 1. The summed E-state index contributed by atoms with van der Waals surface area (Å²) in [5, 5.41) is 10.4. The van der Waals surface area contributed by atoms with Gasteiger partial charge in [-0.05, 0) is 19.3 Å². The summed E-state index contributed by atoms with van der Waals surface area (Å²) in [5.41, 5.74) is 0.0813. The number of nitrogens with zero attached hydrogens (tertiary/aromatic N) is 3. The van der Waals surface area contributed by atoms with Gasteiger partial charge in [0, 0.05) is 24.4 Å². The molecular weight excluding hydrogens is 294 g/mol. The molecule has 1 atom stereocenters. The van der Waals surface area contributed by atoms with Crippen molar-refractivity contribution in [2.75, 3.05) is 26.3 Å². The number of rotatable bonds is 4. The standard InChI is InChI=1S/C16H27N5O2/c1-11(2)13-18-14(20-19-13)12-6-4-5-7-21(12)15(22)17-8-16(3)9-23-10-16/h11-12H,4-10H2,1-3H3,(H,17,22)(H,18,19,20)/t12-/m1/s1. The van der Waals surface area contributed by atoms with E-state index in [1.165, 1.54) is 0 Å². The number of hydrogen-bond acceptors (Lipinski definition) is 4. The molecule has 0 saturated carbocycles. The molecule has 1 aromatic heterocycles. The van der Waals surface area contributed by atoms with Gasteiger partial charge in [-0.3, -0.25) is 5.10 Å². The maximum atomic E-state index is 12.6. The summed E-state index contributed by atoms with van der Waals surface area (Å²) in [7, 11) is 0. The first-order valence-corrected chi connectivity index (χ1v) is 8.53. The highest BCUT2D eigenvalue weighted by molar-refractivity contribution is 5.74. The summed E-state index contributed by atoms with van der Waals surface area (Å²) in [4.78, 5) is 19.1. The molecule has 3 rings (SSSR count). The molecule has 0 spiro atoms. The lowest BCUT2D eigenvalue weighted by Gasteiger charge is -2.40. The normalized spacial score (nSPS) is 23.7. The minimum atomic E-state index is -0.00896. The zero-order valence-electron chi connectivity index (χ0n) is 14.3. The van der Waals surface area contributed by atoms with E-state index in [4.69, 9.17) is 4.74 Å². The van der Waals surface area contributed by atoms with Crippen molar-refractivity contribution in [2.24, 2.45) is 5.41 Å². The number of H-pyrrole nitrogens is 1. The summed E-state index contributed by atoms with van der Waals surface area (Å²) >= 11 is 0. The molecule has 2 N–H and O–H groups in total. The van der Waals surface area contributed by atoms with Crippen molar-refractivity contribution in [3.8, 4) is 0 Å². The van der Waals surface area contributed by atoms with Crippen molar-refractivity contribution in [1.82, 2.24) is 25.4 Å². The Hall–Kier alpha value is -1.63. The largest absolute Gasteiger partial charge is 0.380 e. The molecule has 2 aliphatic rings. The fraction of sp³-hybridized carbons (Fsp3) is 0.812. The molecule has 2 amide bonds. The Morgan fingerprint density at radius 1 is 1.48 bits per heavy atom. The molecule has 0 unspecified atom stereocenters. The van der Waals surface area contributed by atoms with Crippen molar-refractivity contribution in [3.63, 3.8) is 0 Å². The van der Waals surface area contributed by atoms with E-state index in [9.17, 15) is 4.79 Å². The average molecular weight is 321 g/mol. The average Bonchev–Trinajstić information content (AvgIpc) is 3.01. The third-order valence-electron chi connectivity index (χ3n) is 4.68. The van der Waals surface area contributed by atoms with Gasteiger partial charge >= 0.3 is 6.03 Å². The van der Waals surface area contributed by atoms with Gasteiger partial charge in [0.2, 0.25) is 0 Å². The molecular formula is C16H27N5O2. The molecule has 2 aliphatic heterocycles. The maximum Gasteiger partial charge on any atom is 0.318 e. The highest BCUT2D eigenvalue weighted by Gasteiger charge is 2.36. The van der Waals surface area contributed by atoms with Gasteiger partial charge in [-0.1, -0.05) is 20.8 Å². The Kier molecular flexibility index (Phi) is 4.57. The second kappa shape index (κ2) is 6.47. The van der Waals surface area contributed by atoms with Crippen LogP contribution in [-0.2, 0) is 4.74 Å². The van der Waals surface area contributed by atoms with Gasteiger partial charge in [0.15, 0.2) is 5.82 Å². The van der Waals surface area contributed by atoms with Crippen molar-refractivity contribution in [2.45, 2.75) is 52.0 Å². The number of hydrogen-bond donors (Lipinski definition) is 2. The van der Waals surface area contributed by atoms with Crippen LogP contribution < -0.4 is 5.32 Å². The van der Waals surface area contributed by atoms with Crippen LogP contribution >= 0.6 is 0 Å². The van der Waals surface area contributed by atoms with Gasteiger partial charge in [0.1, 0.15) is 5.82 Å². The van der Waals surface area contributed by atoms with Crippen LogP contribution in [0.4, 0.5) is 4.79 Å². The van der Waals surface area contributed by atoms with E-state index in [1.807, 2.05) is 4.90 Å². The number of aromatic nitrogens is 3. The van der Waals surface area contributed by atoms with Crippen molar-refractivity contribution < 1.29 is 9.53 Å². The van der Waals surface area contributed by atoms with Crippen LogP contribution in [0.1, 0.15) is 63.6 Å². The Labute approximate surface area is 137 Å². The second-order valence-electron chi connectivity index (χ2n) is 7.40. The molecule has 0 aromatic carbocycles. The highest BCUT2D eigenvalue weighted by Crippen LogP contribution is 2.30. The van der Waals surface area contributed by atoms with Crippen LogP contribution in [-0.4, -0.2) is 52.4 Å². The smallest absolute Gasteiger partial charge is 0.318 e. The Morgan fingerprint density at radius 2 is 2.26 bits per heavy atom. The molecule has 7 nitrogen and oxygen atoms in total. The molecule has 0 aliphatic carbocycles. The molecule has 2 saturated heterocycles. The molecule has 3 heterocycles. The van der Waals surface area contributed by atoms with Crippen molar-refractivity contribution in [1.29, 1.82) is 0 Å². The monoisotopic (exact) mass is 321 g/mol. The summed E-state index contributed by atoms with van der Waals surface area (Å²) < 4.78 is 5.24. The van der Waals surface area contributed by atoms with Crippen LogP contribution in [0.2, 0.25) is 0 Å². The van der Waals surface area contributed by atoms with E-state index >= 15 is 0 Å². The first kappa shape index (κ1) is 16.2. The predicted octanol–water partition coefficient (Wildman–Crippen LogP) is 2.20. The number of piperidine rings is 1. The lowest BCUT2D eigenvalue weighted by Crippen LogP contribution is -2.52. The lowest BCUT2D eigenvalue weighted by atomic mass is 9.89.